The van der Waals surface area contributed by atoms with Crippen molar-refractivity contribution < 1.29 is 9.21 Å². The average molecular weight is 300 g/mol. The number of aryl methyl sites for hydroxylation is 1. The largest absolute Gasteiger partial charge is 0.467 e. The molecule has 3 rings (SSSR count). The Bertz CT molecular complexity index is 703. The van der Waals surface area contributed by atoms with Crippen LogP contribution in [-0.2, 0) is 11.3 Å². The van der Waals surface area contributed by atoms with Crippen molar-refractivity contribution in [2.45, 2.75) is 38.8 Å². The standard InChI is InChI=1S/C17H20N2O3/c1-13-5-2-8-16(20)18(13)11-9-17(21)19-10-3-6-14(19)15-7-4-12-22-15/h2,4-5,7-8,12,14H,3,6,9-11H2,1H3/t14-/m0/s1. The molecular weight excluding hydrogens is 280 g/mol. The van der Waals surface area contributed by atoms with Crippen molar-refractivity contribution in [2.24, 2.45) is 0 Å². The molecule has 2 aromatic rings. The minimum atomic E-state index is -0.0585. The summed E-state index contributed by atoms with van der Waals surface area (Å²) in [7, 11) is 0. The van der Waals surface area contributed by atoms with E-state index in [0.29, 0.717) is 13.0 Å². The summed E-state index contributed by atoms with van der Waals surface area (Å²) in [5.41, 5.74) is 0.820. The van der Waals surface area contributed by atoms with Gasteiger partial charge in [-0.05, 0) is 38.0 Å². The second kappa shape index (κ2) is 6.22. The molecule has 0 N–H and O–H groups in total. The summed E-state index contributed by atoms with van der Waals surface area (Å²) in [6, 6.07) is 8.96. The van der Waals surface area contributed by atoms with Gasteiger partial charge in [0.15, 0.2) is 0 Å². The lowest BCUT2D eigenvalue weighted by atomic mass is 10.1. The van der Waals surface area contributed by atoms with Crippen LogP contribution in [0.4, 0.5) is 0 Å². The van der Waals surface area contributed by atoms with Crippen LogP contribution in [0.1, 0.15) is 36.8 Å². The molecule has 0 radical (unpaired) electrons. The van der Waals surface area contributed by atoms with E-state index in [1.807, 2.05) is 30.0 Å². The molecule has 1 aliphatic heterocycles. The van der Waals surface area contributed by atoms with Crippen LogP contribution in [0.5, 0.6) is 0 Å². The molecule has 5 nitrogen and oxygen atoms in total. The summed E-state index contributed by atoms with van der Waals surface area (Å²) in [6.45, 7) is 3.06. The SMILES string of the molecule is Cc1cccc(=O)n1CCC(=O)N1CCC[C@H]1c1ccco1. The van der Waals surface area contributed by atoms with Gasteiger partial charge < -0.3 is 13.9 Å². The number of hydrogen-bond acceptors (Lipinski definition) is 3. The molecule has 1 amide bonds. The van der Waals surface area contributed by atoms with Crippen LogP contribution >= 0.6 is 0 Å². The van der Waals surface area contributed by atoms with Gasteiger partial charge in [0.2, 0.25) is 5.91 Å². The van der Waals surface area contributed by atoms with Crippen molar-refractivity contribution in [3.05, 3.63) is 58.4 Å². The fourth-order valence-corrected chi connectivity index (χ4v) is 3.10. The number of pyridine rings is 1. The highest BCUT2D eigenvalue weighted by Crippen LogP contribution is 2.32. The Hall–Kier alpha value is -2.30. The molecular formula is C17H20N2O3. The summed E-state index contributed by atoms with van der Waals surface area (Å²) < 4.78 is 7.10. The molecule has 116 valence electrons. The smallest absolute Gasteiger partial charge is 0.250 e. The predicted molar refractivity (Wildman–Crippen MR) is 82.5 cm³/mol. The summed E-state index contributed by atoms with van der Waals surface area (Å²) >= 11 is 0. The van der Waals surface area contributed by atoms with Gasteiger partial charge in [0.25, 0.3) is 5.56 Å². The van der Waals surface area contributed by atoms with Crippen LogP contribution in [0, 0.1) is 6.92 Å². The van der Waals surface area contributed by atoms with E-state index in [0.717, 1.165) is 30.8 Å². The van der Waals surface area contributed by atoms with Crippen LogP contribution in [0.3, 0.4) is 0 Å². The maximum absolute atomic E-state index is 12.5. The molecule has 1 fully saturated rings. The van der Waals surface area contributed by atoms with Gasteiger partial charge in [-0.1, -0.05) is 6.07 Å². The highest BCUT2D eigenvalue weighted by atomic mass is 16.3. The molecule has 5 heteroatoms. The zero-order valence-electron chi connectivity index (χ0n) is 12.7. The maximum Gasteiger partial charge on any atom is 0.250 e. The third-order valence-electron chi connectivity index (χ3n) is 4.26. The number of furan rings is 1. The van der Waals surface area contributed by atoms with Crippen molar-refractivity contribution in [2.75, 3.05) is 6.54 Å². The van der Waals surface area contributed by atoms with Gasteiger partial charge in [-0.3, -0.25) is 9.59 Å². The number of rotatable bonds is 4. The van der Waals surface area contributed by atoms with E-state index in [-0.39, 0.29) is 17.5 Å². The summed E-state index contributed by atoms with van der Waals surface area (Å²) in [5, 5.41) is 0. The number of aromatic nitrogens is 1. The van der Waals surface area contributed by atoms with E-state index in [9.17, 15) is 9.59 Å². The first-order valence-electron chi connectivity index (χ1n) is 7.66. The topological polar surface area (TPSA) is 55.5 Å². The second-order valence-corrected chi connectivity index (χ2v) is 5.67. The van der Waals surface area contributed by atoms with Crippen LogP contribution in [0.2, 0.25) is 0 Å². The Balaban J connectivity index is 1.68. The van der Waals surface area contributed by atoms with Crippen LogP contribution in [0.25, 0.3) is 0 Å². The highest BCUT2D eigenvalue weighted by Gasteiger charge is 2.31. The van der Waals surface area contributed by atoms with E-state index >= 15 is 0 Å². The van der Waals surface area contributed by atoms with E-state index in [4.69, 9.17) is 4.42 Å². The Morgan fingerprint density at radius 1 is 1.32 bits per heavy atom. The van der Waals surface area contributed by atoms with Crippen molar-refractivity contribution >= 4 is 5.91 Å². The predicted octanol–water partition coefficient (Wildman–Crippen LogP) is 2.50. The second-order valence-electron chi connectivity index (χ2n) is 5.67. The number of carbonyl (C=O) groups excluding carboxylic acids is 1. The first-order valence-corrected chi connectivity index (χ1v) is 7.66. The minimum absolute atomic E-state index is 0.0380. The molecule has 22 heavy (non-hydrogen) atoms. The van der Waals surface area contributed by atoms with E-state index in [1.54, 1.807) is 16.9 Å². The Kier molecular flexibility index (Phi) is 4.13. The van der Waals surface area contributed by atoms with E-state index in [2.05, 4.69) is 0 Å². The summed E-state index contributed by atoms with van der Waals surface area (Å²) in [6.07, 6.45) is 3.90. The molecule has 1 aliphatic rings. The van der Waals surface area contributed by atoms with Gasteiger partial charge in [0, 0.05) is 31.3 Å². The highest BCUT2D eigenvalue weighted by molar-refractivity contribution is 5.76. The van der Waals surface area contributed by atoms with Crippen molar-refractivity contribution in [3.63, 3.8) is 0 Å². The first kappa shape index (κ1) is 14.6. The molecule has 0 aliphatic carbocycles. The van der Waals surface area contributed by atoms with Crippen LogP contribution in [0.15, 0.2) is 45.8 Å². The van der Waals surface area contributed by atoms with Gasteiger partial charge in [0.1, 0.15) is 5.76 Å². The molecule has 0 spiro atoms. The zero-order valence-corrected chi connectivity index (χ0v) is 12.7. The van der Waals surface area contributed by atoms with Crippen molar-refractivity contribution in [1.82, 2.24) is 9.47 Å². The van der Waals surface area contributed by atoms with Crippen LogP contribution in [-0.4, -0.2) is 21.9 Å². The fourth-order valence-electron chi connectivity index (χ4n) is 3.10. The quantitative estimate of drug-likeness (QED) is 0.871. The number of nitrogens with zero attached hydrogens (tertiary/aromatic N) is 2. The van der Waals surface area contributed by atoms with Gasteiger partial charge in [-0.25, -0.2) is 0 Å². The first-order chi connectivity index (χ1) is 10.7. The maximum atomic E-state index is 12.5. The van der Waals surface area contributed by atoms with E-state index < -0.39 is 0 Å². The monoisotopic (exact) mass is 300 g/mol. The molecule has 0 saturated carbocycles. The molecule has 1 atom stereocenters. The van der Waals surface area contributed by atoms with Gasteiger partial charge >= 0.3 is 0 Å². The number of amides is 1. The van der Waals surface area contributed by atoms with Crippen LogP contribution < -0.4 is 5.56 Å². The fraction of sp³-hybridized carbons (Fsp3) is 0.412. The Labute approximate surface area is 129 Å². The molecule has 0 bridgehead atoms. The van der Waals surface area contributed by atoms with Gasteiger partial charge in [-0.15, -0.1) is 0 Å². The Morgan fingerprint density at radius 2 is 2.18 bits per heavy atom. The van der Waals surface area contributed by atoms with Crippen molar-refractivity contribution in [3.8, 4) is 0 Å². The lowest BCUT2D eigenvalue weighted by molar-refractivity contribution is -0.132. The average Bonchev–Trinajstić information content (AvgIpc) is 3.17. The third-order valence-corrected chi connectivity index (χ3v) is 4.26. The normalized spacial score (nSPS) is 17.9. The number of hydrogen-bond donors (Lipinski definition) is 0. The lowest BCUT2D eigenvalue weighted by Crippen LogP contribution is -2.32. The minimum Gasteiger partial charge on any atom is -0.467 e. The summed E-state index contributed by atoms with van der Waals surface area (Å²) in [5.74, 6) is 0.924. The zero-order chi connectivity index (χ0) is 15.5. The molecule has 0 unspecified atom stereocenters. The van der Waals surface area contributed by atoms with Gasteiger partial charge in [0.05, 0.1) is 12.3 Å². The summed E-state index contributed by atoms with van der Waals surface area (Å²) in [4.78, 5) is 26.2. The molecule has 0 aromatic carbocycles. The lowest BCUT2D eigenvalue weighted by Gasteiger charge is -2.23. The molecule has 1 saturated heterocycles. The number of carbonyl (C=O) groups is 1. The molecule has 2 aromatic heterocycles. The Morgan fingerprint density at radius 3 is 2.91 bits per heavy atom. The van der Waals surface area contributed by atoms with Gasteiger partial charge in [-0.2, -0.15) is 0 Å². The van der Waals surface area contributed by atoms with E-state index in [1.165, 1.54) is 6.07 Å². The molecule has 3 heterocycles. The number of likely N-dealkylation sites (tertiary alicyclic amines) is 1. The third kappa shape index (κ3) is 2.84. The van der Waals surface area contributed by atoms with Crippen molar-refractivity contribution in [1.29, 1.82) is 0 Å².